The van der Waals surface area contributed by atoms with Crippen molar-refractivity contribution in [3.8, 4) is 0 Å². The summed E-state index contributed by atoms with van der Waals surface area (Å²) in [7, 11) is 0. The number of hydrogen-bond acceptors (Lipinski definition) is 4. The van der Waals surface area contributed by atoms with Crippen molar-refractivity contribution >= 4 is 5.82 Å². The van der Waals surface area contributed by atoms with Crippen LogP contribution < -0.4 is 10.6 Å². The summed E-state index contributed by atoms with van der Waals surface area (Å²) < 4.78 is 0. The minimum Gasteiger partial charge on any atom is -0.354 e. The zero-order valence-electron chi connectivity index (χ0n) is 14.1. The van der Waals surface area contributed by atoms with E-state index in [-0.39, 0.29) is 0 Å². The van der Waals surface area contributed by atoms with E-state index in [4.69, 9.17) is 5.73 Å². The van der Waals surface area contributed by atoms with Crippen LogP contribution in [0, 0.1) is 5.41 Å². The van der Waals surface area contributed by atoms with Gasteiger partial charge in [-0.3, -0.25) is 0 Å². The highest BCUT2D eigenvalue weighted by molar-refractivity contribution is 5.52. The van der Waals surface area contributed by atoms with Crippen molar-refractivity contribution in [3.63, 3.8) is 0 Å². The summed E-state index contributed by atoms with van der Waals surface area (Å²) in [6.07, 6.45) is 5.64. The van der Waals surface area contributed by atoms with E-state index in [1.54, 1.807) is 0 Å². The second-order valence-corrected chi connectivity index (χ2v) is 6.22. The first-order chi connectivity index (χ1) is 10.1. The third kappa shape index (κ3) is 2.91. The van der Waals surface area contributed by atoms with Crippen molar-refractivity contribution < 1.29 is 0 Å². The summed E-state index contributed by atoms with van der Waals surface area (Å²) in [6, 6.07) is 0. The SMILES string of the molecule is CCc1nnc(N2CCC(CC)(CC)C2)c(CN)c1CC. The van der Waals surface area contributed by atoms with Crippen molar-refractivity contribution in [2.75, 3.05) is 18.0 Å². The van der Waals surface area contributed by atoms with Gasteiger partial charge in [-0.2, -0.15) is 5.10 Å². The molecule has 1 fully saturated rings. The van der Waals surface area contributed by atoms with Crippen LogP contribution in [-0.2, 0) is 19.4 Å². The smallest absolute Gasteiger partial charge is 0.156 e. The molecule has 0 aliphatic carbocycles. The predicted molar refractivity (Wildman–Crippen MR) is 88.5 cm³/mol. The molecule has 0 saturated carbocycles. The van der Waals surface area contributed by atoms with E-state index in [0.717, 1.165) is 37.4 Å². The Morgan fingerprint density at radius 1 is 1.05 bits per heavy atom. The lowest BCUT2D eigenvalue weighted by Gasteiger charge is -2.28. The Morgan fingerprint density at radius 2 is 1.76 bits per heavy atom. The van der Waals surface area contributed by atoms with Crippen LogP contribution >= 0.6 is 0 Å². The highest BCUT2D eigenvalue weighted by Crippen LogP contribution is 2.39. The third-order valence-corrected chi connectivity index (χ3v) is 5.38. The lowest BCUT2D eigenvalue weighted by atomic mass is 9.82. The van der Waals surface area contributed by atoms with Gasteiger partial charge in [0, 0.05) is 25.2 Å². The molecule has 1 aliphatic rings. The van der Waals surface area contributed by atoms with Crippen molar-refractivity contribution in [1.82, 2.24) is 10.2 Å². The van der Waals surface area contributed by atoms with Crippen LogP contribution in [0.2, 0.25) is 0 Å². The Morgan fingerprint density at radius 3 is 2.24 bits per heavy atom. The molecule has 21 heavy (non-hydrogen) atoms. The molecule has 1 aliphatic heterocycles. The van der Waals surface area contributed by atoms with Crippen molar-refractivity contribution in [2.24, 2.45) is 11.1 Å². The Bertz CT molecular complexity index is 480. The number of aryl methyl sites for hydroxylation is 1. The van der Waals surface area contributed by atoms with Gasteiger partial charge in [-0.15, -0.1) is 5.10 Å². The first kappa shape index (κ1) is 16.2. The molecule has 2 rings (SSSR count). The van der Waals surface area contributed by atoms with E-state index >= 15 is 0 Å². The minimum absolute atomic E-state index is 0.448. The summed E-state index contributed by atoms with van der Waals surface area (Å²) in [5.41, 5.74) is 10.1. The molecule has 1 aromatic rings. The highest BCUT2D eigenvalue weighted by atomic mass is 15.3. The number of rotatable bonds is 6. The molecule has 0 unspecified atom stereocenters. The Hall–Kier alpha value is -1.16. The first-order valence-electron chi connectivity index (χ1n) is 8.46. The van der Waals surface area contributed by atoms with Gasteiger partial charge in [0.1, 0.15) is 0 Å². The fourth-order valence-corrected chi connectivity index (χ4v) is 3.65. The van der Waals surface area contributed by atoms with Gasteiger partial charge in [0.05, 0.1) is 5.69 Å². The normalized spacial score (nSPS) is 17.5. The van der Waals surface area contributed by atoms with Crippen molar-refractivity contribution in [3.05, 3.63) is 16.8 Å². The molecule has 0 amide bonds. The zero-order chi connectivity index (χ0) is 15.5. The van der Waals surface area contributed by atoms with Crippen molar-refractivity contribution in [1.29, 1.82) is 0 Å². The van der Waals surface area contributed by atoms with Crippen LogP contribution in [0.3, 0.4) is 0 Å². The second kappa shape index (κ2) is 6.73. The largest absolute Gasteiger partial charge is 0.354 e. The van der Waals surface area contributed by atoms with Crippen LogP contribution in [-0.4, -0.2) is 23.3 Å². The molecular formula is C17H30N4. The quantitative estimate of drug-likeness (QED) is 0.875. The Labute approximate surface area is 129 Å². The molecule has 1 saturated heterocycles. The van der Waals surface area contributed by atoms with Gasteiger partial charge in [0.15, 0.2) is 5.82 Å². The van der Waals surface area contributed by atoms with E-state index in [9.17, 15) is 0 Å². The zero-order valence-corrected chi connectivity index (χ0v) is 14.1. The van der Waals surface area contributed by atoms with Crippen LogP contribution in [0.15, 0.2) is 0 Å². The number of hydrogen-bond donors (Lipinski definition) is 1. The maximum atomic E-state index is 6.06. The number of nitrogens with zero attached hydrogens (tertiary/aromatic N) is 3. The molecule has 2 heterocycles. The molecule has 4 nitrogen and oxygen atoms in total. The van der Waals surface area contributed by atoms with Gasteiger partial charge < -0.3 is 10.6 Å². The summed E-state index contributed by atoms with van der Waals surface area (Å²) in [5, 5.41) is 9.01. The maximum Gasteiger partial charge on any atom is 0.156 e. The van der Waals surface area contributed by atoms with Crippen LogP contribution in [0.5, 0.6) is 0 Å². The minimum atomic E-state index is 0.448. The number of anilines is 1. The molecule has 0 radical (unpaired) electrons. The van der Waals surface area contributed by atoms with E-state index < -0.39 is 0 Å². The van der Waals surface area contributed by atoms with Crippen LogP contribution in [0.1, 0.15) is 63.8 Å². The summed E-state index contributed by atoms with van der Waals surface area (Å²) in [6.45, 7) is 11.7. The summed E-state index contributed by atoms with van der Waals surface area (Å²) >= 11 is 0. The molecule has 1 aromatic heterocycles. The molecule has 4 heteroatoms. The lowest BCUT2D eigenvalue weighted by Crippen LogP contribution is -2.29. The third-order valence-electron chi connectivity index (χ3n) is 5.38. The van der Waals surface area contributed by atoms with Crippen LogP contribution in [0.4, 0.5) is 5.82 Å². The van der Waals surface area contributed by atoms with Crippen molar-refractivity contribution in [2.45, 2.75) is 66.3 Å². The first-order valence-corrected chi connectivity index (χ1v) is 8.46. The van der Waals surface area contributed by atoms with E-state index in [0.29, 0.717) is 12.0 Å². The Balaban J connectivity index is 2.37. The molecule has 118 valence electrons. The number of aromatic nitrogens is 2. The topological polar surface area (TPSA) is 55.0 Å². The molecule has 2 N–H and O–H groups in total. The van der Waals surface area contributed by atoms with E-state index in [2.05, 4.69) is 42.8 Å². The molecule has 0 aromatic carbocycles. The van der Waals surface area contributed by atoms with Gasteiger partial charge in [-0.05, 0) is 43.1 Å². The number of nitrogens with two attached hydrogens (primary N) is 1. The average Bonchev–Trinajstić information content (AvgIpc) is 2.98. The fourth-order valence-electron chi connectivity index (χ4n) is 3.65. The fraction of sp³-hybridized carbons (Fsp3) is 0.765. The van der Waals surface area contributed by atoms with E-state index in [1.165, 1.54) is 30.4 Å². The summed E-state index contributed by atoms with van der Waals surface area (Å²) in [5.74, 6) is 1.04. The van der Waals surface area contributed by atoms with Gasteiger partial charge in [-0.1, -0.05) is 27.7 Å². The van der Waals surface area contributed by atoms with E-state index in [1.807, 2.05) is 0 Å². The molecular weight excluding hydrogens is 260 g/mol. The summed E-state index contributed by atoms with van der Waals surface area (Å²) in [4.78, 5) is 2.42. The molecule has 0 atom stereocenters. The highest BCUT2D eigenvalue weighted by Gasteiger charge is 2.36. The van der Waals surface area contributed by atoms with Gasteiger partial charge >= 0.3 is 0 Å². The second-order valence-electron chi connectivity index (χ2n) is 6.22. The van der Waals surface area contributed by atoms with Crippen LogP contribution in [0.25, 0.3) is 0 Å². The lowest BCUT2D eigenvalue weighted by molar-refractivity contribution is 0.301. The standard InChI is InChI=1S/C17H30N4/c1-5-13-14(11-18)16(20-19-15(13)6-2)21-10-9-17(7-3,8-4)12-21/h5-12,18H2,1-4H3. The molecule has 0 spiro atoms. The van der Waals surface area contributed by atoms with Gasteiger partial charge in [0.2, 0.25) is 0 Å². The van der Waals surface area contributed by atoms with Gasteiger partial charge in [-0.25, -0.2) is 0 Å². The predicted octanol–water partition coefficient (Wildman–Crippen LogP) is 3.08. The average molecular weight is 290 g/mol. The van der Waals surface area contributed by atoms with Gasteiger partial charge in [0.25, 0.3) is 0 Å². The molecule has 0 bridgehead atoms. The Kier molecular flexibility index (Phi) is 5.20. The monoisotopic (exact) mass is 290 g/mol. The maximum absolute atomic E-state index is 6.06.